The van der Waals surface area contributed by atoms with Gasteiger partial charge in [0.15, 0.2) is 5.60 Å². The third-order valence-corrected chi connectivity index (χ3v) is 6.56. The molecule has 2 aliphatic heterocycles. The fraction of sp³-hybridized carbons (Fsp3) is 0.650. The average Bonchev–Trinajstić information content (AvgIpc) is 3.32. The first-order valence-electron chi connectivity index (χ1n) is 9.31. The van der Waals surface area contributed by atoms with E-state index in [4.69, 9.17) is 4.74 Å². The number of benzene rings is 1. The van der Waals surface area contributed by atoms with Crippen LogP contribution < -0.4 is 0 Å². The molecule has 1 aromatic carbocycles. The molecule has 3 aliphatic rings. The van der Waals surface area contributed by atoms with E-state index in [0.29, 0.717) is 17.6 Å². The van der Waals surface area contributed by atoms with Crippen molar-refractivity contribution in [1.29, 1.82) is 0 Å². The molecular formula is C20H27NO3. The number of likely N-dealkylation sites (N-methyl/N-ethyl adjacent to an activating group) is 1. The van der Waals surface area contributed by atoms with Gasteiger partial charge in [-0.2, -0.15) is 0 Å². The second kappa shape index (κ2) is 6.16. The fourth-order valence-corrected chi connectivity index (χ4v) is 5.11. The molecule has 1 aromatic rings. The van der Waals surface area contributed by atoms with Crippen molar-refractivity contribution in [2.45, 2.75) is 68.7 Å². The lowest BCUT2D eigenvalue weighted by Crippen LogP contribution is -2.46. The van der Waals surface area contributed by atoms with Gasteiger partial charge in [-0.15, -0.1) is 0 Å². The van der Waals surface area contributed by atoms with Crippen LogP contribution in [0.1, 0.15) is 50.5 Å². The number of hydrogen-bond donors (Lipinski definition) is 1. The summed E-state index contributed by atoms with van der Waals surface area (Å²) < 4.78 is 5.92. The topological polar surface area (TPSA) is 49.8 Å². The van der Waals surface area contributed by atoms with E-state index in [1.807, 2.05) is 30.3 Å². The van der Waals surface area contributed by atoms with Crippen molar-refractivity contribution in [3.05, 3.63) is 35.9 Å². The molecule has 4 nitrogen and oxygen atoms in total. The molecule has 1 saturated carbocycles. The minimum atomic E-state index is -1.50. The van der Waals surface area contributed by atoms with E-state index in [-0.39, 0.29) is 12.0 Å². The highest BCUT2D eigenvalue weighted by Crippen LogP contribution is 2.43. The van der Waals surface area contributed by atoms with Crippen LogP contribution in [0.4, 0.5) is 0 Å². The van der Waals surface area contributed by atoms with Crippen LogP contribution in [-0.2, 0) is 15.1 Å². The van der Waals surface area contributed by atoms with Crippen LogP contribution in [0.25, 0.3) is 0 Å². The van der Waals surface area contributed by atoms with Crippen molar-refractivity contribution in [3.8, 4) is 0 Å². The van der Waals surface area contributed by atoms with Gasteiger partial charge in [-0.05, 0) is 38.3 Å². The molecule has 0 spiro atoms. The highest BCUT2D eigenvalue weighted by molar-refractivity contribution is 5.82. The second-order valence-corrected chi connectivity index (χ2v) is 7.76. The lowest BCUT2D eigenvalue weighted by Gasteiger charge is -2.34. The first-order chi connectivity index (χ1) is 11.6. The number of aliphatic hydroxyl groups is 1. The molecule has 130 valence electrons. The van der Waals surface area contributed by atoms with Crippen LogP contribution in [0.2, 0.25) is 0 Å². The lowest BCUT2D eigenvalue weighted by molar-refractivity contribution is -0.180. The molecular weight excluding hydrogens is 302 g/mol. The van der Waals surface area contributed by atoms with E-state index in [0.717, 1.165) is 38.5 Å². The lowest BCUT2D eigenvalue weighted by atomic mass is 9.80. The predicted octanol–water partition coefficient (Wildman–Crippen LogP) is 2.84. The van der Waals surface area contributed by atoms with Crippen LogP contribution in [0, 0.1) is 5.92 Å². The van der Waals surface area contributed by atoms with E-state index < -0.39 is 11.6 Å². The van der Waals surface area contributed by atoms with Gasteiger partial charge in [-0.25, -0.2) is 4.79 Å². The Labute approximate surface area is 143 Å². The van der Waals surface area contributed by atoms with Gasteiger partial charge in [0.2, 0.25) is 0 Å². The van der Waals surface area contributed by atoms with Crippen molar-refractivity contribution >= 4 is 5.97 Å². The summed E-state index contributed by atoms with van der Waals surface area (Å²) in [4.78, 5) is 15.4. The first-order valence-corrected chi connectivity index (χ1v) is 9.31. The molecule has 24 heavy (non-hydrogen) atoms. The van der Waals surface area contributed by atoms with Crippen molar-refractivity contribution < 1.29 is 14.6 Å². The van der Waals surface area contributed by atoms with Crippen LogP contribution in [0.15, 0.2) is 30.3 Å². The van der Waals surface area contributed by atoms with Gasteiger partial charge >= 0.3 is 5.97 Å². The maximum Gasteiger partial charge on any atom is 0.343 e. The highest BCUT2D eigenvalue weighted by atomic mass is 16.6. The zero-order valence-electron chi connectivity index (χ0n) is 14.4. The number of carbonyl (C=O) groups excluding carboxylic acids is 1. The molecule has 4 heteroatoms. The van der Waals surface area contributed by atoms with Gasteiger partial charge in [0.1, 0.15) is 6.10 Å². The number of fused-ring (bicyclic) bond motifs is 2. The normalized spacial score (nSPS) is 32.8. The van der Waals surface area contributed by atoms with Crippen molar-refractivity contribution in [2.75, 3.05) is 7.05 Å². The molecule has 1 aliphatic carbocycles. The molecule has 2 unspecified atom stereocenters. The van der Waals surface area contributed by atoms with Crippen molar-refractivity contribution in [1.82, 2.24) is 4.90 Å². The Bertz CT molecular complexity index is 598. The molecule has 0 aromatic heterocycles. The Morgan fingerprint density at radius 3 is 2.46 bits per heavy atom. The Hall–Kier alpha value is -1.39. The Balaban J connectivity index is 1.58. The quantitative estimate of drug-likeness (QED) is 0.863. The molecule has 1 N–H and O–H groups in total. The Kier molecular flexibility index (Phi) is 4.13. The van der Waals surface area contributed by atoms with Gasteiger partial charge in [0.05, 0.1) is 0 Å². The monoisotopic (exact) mass is 329 g/mol. The second-order valence-electron chi connectivity index (χ2n) is 7.76. The summed E-state index contributed by atoms with van der Waals surface area (Å²) >= 11 is 0. The Morgan fingerprint density at radius 2 is 1.88 bits per heavy atom. The standard InChI is InChI=1S/C20H27NO3/c1-21-16-11-12-17(21)18(13-16)24-19(22)20(23,15-9-5-6-10-15)14-7-3-2-4-8-14/h2-4,7-8,15-18,23H,5-6,9-13H2,1H3/t16?,17?,18-,20+/m0/s1. The molecule has 2 heterocycles. The summed E-state index contributed by atoms with van der Waals surface area (Å²) in [6, 6.07) is 10.2. The van der Waals surface area contributed by atoms with E-state index in [9.17, 15) is 9.90 Å². The Morgan fingerprint density at radius 1 is 1.17 bits per heavy atom. The summed E-state index contributed by atoms with van der Waals surface area (Å²) in [7, 11) is 2.12. The fourth-order valence-electron chi connectivity index (χ4n) is 5.11. The first kappa shape index (κ1) is 16.1. The number of ether oxygens (including phenoxy) is 1. The van der Waals surface area contributed by atoms with Gasteiger partial charge in [0.25, 0.3) is 0 Å². The van der Waals surface area contributed by atoms with Crippen LogP contribution in [0.5, 0.6) is 0 Å². The number of hydrogen-bond acceptors (Lipinski definition) is 4. The molecule has 4 atom stereocenters. The van der Waals surface area contributed by atoms with E-state index in [2.05, 4.69) is 11.9 Å². The molecule has 0 radical (unpaired) electrons. The number of rotatable bonds is 4. The summed E-state index contributed by atoms with van der Waals surface area (Å²) in [6.45, 7) is 0. The van der Waals surface area contributed by atoms with Crippen LogP contribution in [-0.4, -0.2) is 41.2 Å². The van der Waals surface area contributed by atoms with Crippen LogP contribution >= 0.6 is 0 Å². The molecule has 2 saturated heterocycles. The maximum absolute atomic E-state index is 13.1. The minimum Gasteiger partial charge on any atom is -0.458 e. The molecule has 2 bridgehead atoms. The summed E-state index contributed by atoms with van der Waals surface area (Å²) in [5, 5.41) is 11.5. The average molecular weight is 329 g/mol. The zero-order valence-corrected chi connectivity index (χ0v) is 14.4. The highest BCUT2D eigenvalue weighted by Gasteiger charge is 2.52. The van der Waals surface area contributed by atoms with Gasteiger partial charge in [-0.1, -0.05) is 43.2 Å². The smallest absolute Gasteiger partial charge is 0.343 e. The van der Waals surface area contributed by atoms with E-state index in [1.54, 1.807) is 0 Å². The summed E-state index contributed by atoms with van der Waals surface area (Å²) in [5.41, 5.74) is -0.823. The largest absolute Gasteiger partial charge is 0.458 e. The molecule has 3 fully saturated rings. The number of carbonyl (C=O) groups is 1. The minimum absolute atomic E-state index is 0.0382. The van der Waals surface area contributed by atoms with E-state index in [1.165, 1.54) is 6.42 Å². The molecule has 0 amide bonds. The predicted molar refractivity (Wildman–Crippen MR) is 91.4 cm³/mol. The summed E-state index contributed by atoms with van der Waals surface area (Å²) in [5.74, 6) is -0.477. The maximum atomic E-state index is 13.1. The summed E-state index contributed by atoms with van der Waals surface area (Å²) in [6.07, 6.45) is 7.04. The number of nitrogens with zero attached hydrogens (tertiary/aromatic N) is 1. The zero-order chi connectivity index (χ0) is 16.7. The van der Waals surface area contributed by atoms with Crippen molar-refractivity contribution in [3.63, 3.8) is 0 Å². The third kappa shape index (κ3) is 2.47. The number of esters is 1. The van der Waals surface area contributed by atoms with Gasteiger partial charge in [0, 0.05) is 24.4 Å². The van der Waals surface area contributed by atoms with E-state index >= 15 is 0 Å². The van der Waals surface area contributed by atoms with Crippen molar-refractivity contribution in [2.24, 2.45) is 5.92 Å². The van der Waals surface area contributed by atoms with Crippen LogP contribution in [0.3, 0.4) is 0 Å². The van der Waals surface area contributed by atoms with Gasteiger partial charge < -0.3 is 9.84 Å². The molecule has 4 rings (SSSR count). The SMILES string of the molecule is CN1C2CCC1[C@@H](OC(=O)[C@@](O)(c1ccccc1)C1CCCC1)C2. The van der Waals surface area contributed by atoms with Gasteiger partial charge in [-0.3, -0.25) is 4.90 Å². The third-order valence-electron chi connectivity index (χ3n) is 6.56.